The number of benzene rings is 2. The van der Waals surface area contributed by atoms with Gasteiger partial charge in [0, 0.05) is 49.2 Å². The van der Waals surface area contributed by atoms with Crippen LogP contribution in [0.3, 0.4) is 0 Å². The van der Waals surface area contributed by atoms with Crippen LogP contribution in [0.15, 0.2) is 74.5 Å². The van der Waals surface area contributed by atoms with Gasteiger partial charge in [0.1, 0.15) is 28.2 Å². The number of anilines is 6. The van der Waals surface area contributed by atoms with Crippen LogP contribution in [0.4, 0.5) is 46.3 Å². The molecule has 4 rings (SSSR count). The first kappa shape index (κ1) is 41.4. The van der Waals surface area contributed by atoms with Crippen LogP contribution >= 0.6 is 11.6 Å². The Balaban J connectivity index is 1.71. The molecule has 6 N–H and O–H groups in total. The highest BCUT2D eigenvalue weighted by Gasteiger charge is 2.21. The molecule has 0 aliphatic carbocycles. The number of hydrogen-bond acceptors (Lipinski definition) is 18. The summed E-state index contributed by atoms with van der Waals surface area (Å²) in [5, 5.41) is 30.3. The highest BCUT2D eigenvalue weighted by atomic mass is 35.5. The standard InChI is InChI=1S/C30H32ClN11O9S3/c1-4-52(43,44)14-12-34-26-22(17-32)18(2)25(27(37-26)33-11-6-13-51-3)42-41-23-16-20(9-10-24(23)54(48,49)50)36-30-39-28(31)38-29(40-30)35-19-7-5-8-21(15-19)53(45,46)47/h4-5,7-10,15-16H,1,6,11-14H2,2-3H3,(H2,33,34,37)(H,45,46,47)(H,48,49,50)(H2,35,36,38,39,40)/b42-41+. The molecule has 54 heavy (non-hydrogen) atoms. The zero-order valence-electron chi connectivity index (χ0n) is 28.3. The molecule has 0 saturated heterocycles. The Morgan fingerprint density at radius 1 is 0.907 bits per heavy atom. The van der Waals surface area contributed by atoms with Crippen LogP contribution in [0.5, 0.6) is 0 Å². The number of pyridine rings is 1. The molecule has 4 aromatic rings. The van der Waals surface area contributed by atoms with E-state index in [2.05, 4.69) is 58.0 Å². The number of nitrogens with zero attached hydrogens (tertiary/aromatic N) is 7. The van der Waals surface area contributed by atoms with Gasteiger partial charge >= 0.3 is 0 Å². The Kier molecular flexibility index (Phi) is 13.5. The lowest BCUT2D eigenvalue weighted by molar-refractivity contribution is 0.198. The Morgan fingerprint density at radius 3 is 2.19 bits per heavy atom. The number of methoxy groups -OCH3 is 1. The first-order valence-electron chi connectivity index (χ1n) is 15.3. The van der Waals surface area contributed by atoms with Gasteiger partial charge in [0.2, 0.25) is 17.2 Å². The van der Waals surface area contributed by atoms with E-state index >= 15 is 0 Å². The van der Waals surface area contributed by atoms with E-state index in [0.717, 1.165) is 17.5 Å². The number of aromatic nitrogens is 4. The molecular weight excluding hydrogens is 790 g/mol. The number of rotatable bonds is 18. The van der Waals surface area contributed by atoms with Gasteiger partial charge in [-0.3, -0.25) is 9.11 Å². The van der Waals surface area contributed by atoms with Crippen LogP contribution in [0.2, 0.25) is 5.28 Å². The van der Waals surface area contributed by atoms with Gasteiger partial charge in [-0.1, -0.05) is 12.6 Å². The van der Waals surface area contributed by atoms with E-state index < -0.39 is 35.0 Å². The molecule has 0 spiro atoms. The number of nitrogens with one attached hydrogen (secondary N) is 4. The maximum Gasteiger partial charge on any atom is 0.296 e. The molecule has 0 aliphatic rings. The van der Waals surface area contributed by atoms with E-state index in [9.17, 15) is 39.6 Å². The van der Waals surface area contributed by atoms with Gasteiger partial charge < -0.3 is 26.0 Å². The predicted octanol–water partition coefficient (Wildman–Crippen LogP) is 4.91. The third-order valence-electron chi connectivity index (χ3n) is 7.02. The number of nitriles is 1. The first-order chi connectivity index (χ1) is 25.4. The molecular formula is C30H32ClN11O9S3. The Morgan fingerprint density at radius 2 is 1.57 bits per heavy atom. The number of azo groups is 1. The number of halogens is 1. The fourth-order valence-corrected chi connectivity index (χ4v) is 6.32. The van der Waals surface area contributed by atoms with Crippen LogP contribution < -0.4 is 21.3 Å². The number of ether oxygens (including phenoxy) is 1. The molecule has 0 fully saturated rings. The van der Waals surface area contributed by atoms with Crippen molar-refractivity contribution in [3.8, 4) is 6.07 Å². The zero-order chi connectivity index (χ0) is 39.7. The minimum Gasteiger partial charge on any atom is -0.385 e. The van der Waals surface area contributed by atoms with Gasteiger partial charge in [-0.15, -0.1) is 10.2 Å². The largest absolute Gasteiger partial charge is 0.385 e. The summed E-state index contributed by atoms with van der Waals surface area (Å²) >= 11 is 6.09. The summed E-state index contributed by atoms with van der Waals surface area (Å²) in [4.78, 5) is 15.5. The molecule has 0 aliphatic heterocycles. The lowest BCUT2D eigenvalue weighted by Gasteiger charge is -2.15. The number of hydrogen-bond donors (Lipinski definition) is 6. The van der Waals surface area contributed by atoms with Crippen molar-refractivity contribution in [3.05, 3.63) is 70.9 Å². The fourth-order valence-electron chi connectivity index (χ4n) is 4.47. The van der Waals surface area contributed by atoms with Crippen LogP contribution in [0.1, 0.15) is 17.5 Å². The van der Waals surface area contributed by atoms with Crippen LogP contribution in [-0.2, 0) is 34.8 Å². The number of sulfone groups is 1. The highest BCUT2D eigenvalue weighted by molar-refractivity contribution is 7.94. The van der Waals surface area contributed by atoms with Crippen molar-refractivity contribution >= 4 is 88.0 Å². The normalized spacial score (nSPS) is 11.9. The molecule has 24 heteroatoms. The summed E-state index contributed by atoms with van der Waals surface area (Å²) in [7, 11) is -11.4. The van der Waals surface area contributed by atoms with E-state index in [0.29, 0.717) is 19.6 Å². The van der Waals surface area contributed by atoms with E-state index in [4.69, 9.17) is 16.3 Å². The second-order valence-electron chi connectivity index (χ2n) is 10.9. The van der Waals surface area contributed by atoms with E-state index in [1.165, 1.54) is 44.4 Å². The van der Waals surface area contributed by atoms with Crippen molar-refractivity contribution in [1.29, 1.82) is 5.26 Å². The minimum absolute atomic E-state index is 0.00801. The maximum atomic E-state index is 12.3. The van der Waals surface area contributed by atoms with Crippen molar-refractivity contribution in [2.75, 3.05) is 53.8 Å². The van der Waals surface area contributed by atoms with E-state index in [-0.39, 0.29) is 79.9 Å². The Bertz CT molecular complexity index is 2460. The van der Waals surface area contributed by atoms with Gasteiger partial charge in [-0.05, 0) is 61.3 Å². The topological polar surface area (TPSA) is 300 Å². The van der Waals surface area contributed by atoms with Crippen LogP contribution in [-0.4, -0.2) is 86.9 Å². The summed E-state index contributed by atoms with van der Waals surface area (Å²) in [6.45, 7) is 5.44. The van der Waals surface area contributed by atoms with Crippen molar-refractivity contribution < 1.29 is 39.1 Å². The summed E-state index contributed by atoms with van der Waals surface area (Å²) in [6.07, 6.45) is 0.532. The summed E-state index contributed by atoms with van der Waals surface area (Å²) < 4.78 is 96.0. The van der Waals surface area contributed by atoms with Crippen molar-refractivity contribution in [2.45, 2.75) is 23.1 Å². The second kappa shape index (κ2) is 17.6. The molecule has 0 unspecified atom stereocenters. The van der Waals surface area contributed by atoms with E-state index in [1.807, 2.05) is 6.07 Å². The summed E-state index contributed by atoms with van der Waals surface area (Å²) in [5.41, 5.74) is 0.254. The van der Waals surface area contributed by atoms with Crippen molar-refractivity contribution in [2.24, 2.45) is 10.2 Å². The molecule has 0 bridgehead atoms. The third-order valence-corrected chi connectivity index (χ3v) is 10.2. The lowest BCUT2D eigenvalue weighted by Crippen LogP contribution is -2.16. The van der Waals surface area contributed by atoms with Gasteiger partial charge in [0.25, 0.3) is 20.2 Å². The average molecular weight is 822 g/mol. The lowest BCUT2D eigenvalue weighted by atomic mass is 10.1. The smallest absolute Gasteiger partial charge is 0.296 e. The fraction of sp³-hybridized carbons (Fsp3) is 0.233. The van der Waals surface area contributed by atoms with E-state index in [1.54, 1.807) is 0 Å². The highest BCUT2D eigenvalue weighted by Crippen LogP contribution is 2.37. The molecule has 0 amide bonds. The average Bonchev–Trinajstić information content (AvgIpc) is 3.09. The SMILES string of the molecule is C=CS(=O)(=O)CCNc1nc(NCCCOC)c(/N=N/c2cc(Nc3nc(Cl)nc(Nc4cccc(S(=O)(=O)O)c4)n3)ccc2S(=O)(=O)O)c(C)c1C#N. The first-order valence-corrected chi connectivity index (χ1v) is 20.2. The molecule has 0 radical (unpaired) electrons. The zero-order valence-corrected chi connectivity index (χ0v) is 31.6. The second-order valence-corrected chi connectivity index (χ2v) is 16.1. The van der Waals surface area contributed by atoms with Gasteiger partial charge in [0.05, 0.1) is 16.2 Å². The Hall–Kier alpha value is -5.35. The molecule has 2 aromatic heterocycles. The maximum absolute atomic E-state index is 12.3. The molecule has 286 valence electrons. The van der Waals surface area contributed by atoms with Gasteiger partial charge in [0.15, 0.2) is 15.7 Å². The molecule has 2 heterocycles. The summed E-state index contributed by atoms with van der Waals surface area (Å²) in [5.74, 6) is -0.436. The quantitative estimate of drug-likeness (QED) is 0.0441. The Labute approximate surface area is 315 Å². The van der Waals surface area contributed by atoms with Crippen LogP contribution in [0, 0.1) is 18.3 Å². The molecule has 20 nitrogen and oxygen atoms in total. The third kappa shape index (κ3) is 11.3. The molecule has 0 saturated carbocycles. The predicted molar refractivity (Wildman–Crippen MR) is 199 cm³/mol. The van der Waals surface area contributed by atoms with Gasteiger partial charge in [-0.25, -0.2) is 13.4 Å². The monoisotopic (exact) mass is 821 g/mol. The van der Waals surface area contributed by atoms with Gasteiger partial charge in [-0.2, -0.15) is 37.0 Å². The summed E-state index contributed by atoms with van der Waals surface area (Å²) in [6, 6.07) is 10.7. The molecule has 2 aromatic carbocycles. The molecule has 0 atom stereocenters. The van der Waals surface area contributed by atoms with Crippen molar-refractivity contribution in [1.82, 2.24) is 19.9 Å². The minimum atomic E-state index is -4.85. The van der Waals surface area contributed by atoms with Crippen LogP contribution in [0.25, 0.3) is 0 Å². The van der Waals surface area contributed by atoms with Crippen molar-refractivity contribution in [3.63, 3.8) is 0 Å².